The van der Waals surface area contributed by atoms with Crippen molar-refractivity contribution in [2.75, 3.05) is 40.0 Å². The van der Waals surface area contributed by atoms with E-state index in [1.165, 1.54) is 11.1 Å². The number of nitrogens with zero attached hydrogens (tertiary/aromatic N) is 1. The molecule has 138 valence electrons. The number of rotatable bonds is 4. The predicted molar refractivity (Wildman–Crippen MR) is 95.1 cm³/mol. The summed E-state index contributed by atoms with van der Waals surface area (Å²) < 4.78 is 16.7. The number of nitrogens with one attached hydrogen (secondary N) is 1. The van der Waals surface area contributed by atoms with E-state index in [9.17, 15) is 4.79 Å². The van der Waals surface area contributed by atoms with E-state index in [4.69, 9.17) is 14.2 Å². The highest BCUT2D eigenvalue weighted by Gasteiger charge is 2.29. The van der Waals surface area contributed by atoms with Crippen molar-refractivity contribution in [2.24, 2.45) is 0 Å². The van der Waals surface area contributed by atoms with Crippen LogP contribution >= 0.6 is 0 Å². The molecule has 1 N–H and O–H groups in total. The molecule has 6 nitrogen and oxygen atoms in total. The summed E-state index contributed by atoms with van der Waals surface area (Å²) in [7, 11) is 1.70. The van der Waals surface area contributed by atoms with E-state index >= 15 is 0 Å². The van der Waals surface area contributed by atoms with Crippen molar-refractivity contribution in [3.63, 3.8) is 0 Å². The fourth-order valence-electron chi connectivity index (χ4n) is 3.64. The Hall–Kier alpha value is -1.79. The molecule has 3 rings (SSSR count). The van der Waals surface area contributed by atoms with Gasteiger partial charge in [0.05, 0.1) is 19.8 Å². The summed E-state index contributed by atoms with van der Waals surface area (Å²) in [5.41, 5.74) is 2.49. The molecule has 0 unspecified atom stereocenters. The van der Waals surface area contributed by atoms with E-state index in [0.717, 1.165) is 25.0 Å². The lowest BCUT2D eigenvalue weighted by Crippen LogP contribution is -2.54. The molecule has 1 aromatic rings. The molecule has 0 spiro atoms. The summed E-state index contributed by atoms with van der Waals surface area (Å²) in [5, 5.41) is 3.16. The number of fused-ring (bicyclic) bond motifs is 1. The highest BCUT2D eigenvalue weighted by atomic mass is 16.5. The SMILES string of the molecule is CCO[C@H]1COCC[C@@H]1NC(=O)N1CCc2cccc(OC)c2CC1. The maximum atomic E-state index is 12.8. The fourth-order valence-corrected chi connectivity index (χ4v) is 3.64. The molecule has 0 saturated carbocycles. The van der Waals surface area contributed by atoms with E-state index in [0.29, 0.717) is 32.9 Å². The second kappa shape index (κ2) is 8.54. The van der Waals surface area contributed by atoms with Gasteiger partial charge in [0, 0.05) is 26.3 Å². The summed E-state index contributed by atoms with van der Waals surface area (Å²) in [6, 6.07) is 6.14. The first-order chi connectivity index (χ1) is 12.2. The molecule has 0 aliphatic carbocycles. The predicted octanol–water partition coefficient (Wildman–Crippen LogP) is 2.00. The molecule has 0 radical (unpaired) electrons. The van der Waals surface area contributed by atoms with E-state index in [1.54, 1.807) is 7.11 Å². The molecule has 2 aliphatic heterocycles. The van der Waals surface area contributed by atoms with Gasteiger partial charge in [0.2, 0.25) is 0 Å². The van der Waals surface area contributed by atoms with E-state index in [2.05, 4.69) is 11.4 Å². The zero-order chi connectivity index (χ0) is 17.6. The van der Waals surface area contributed by atoms with Crippen LogP contribution in [0.5, 0.6) is 5.75 Å². The number of carbonyl (C=O) groups excluding carboxylic acids is 1. The first kappa shape index (κ1) is 18.0. The van der Waals surface area contributed by atoms with Gasteiger partial charge in [0.1, 0.15) is 11.9 Å². The Bertz CT molecular complexity index is 591. The van der Waals surface area contributed by atoms with Gasteiger partial charge in [0.25, 0.3) is 0 Å². The Labute approximate surface area is 149 Å². The van der Waals surface area contributed by atoms with Gasteiger partial charge in [-0.05, 0) is 43.4 Å². The third kappa shape index (κ3) is 4.25. The smallest absolute Gasteiger partial charge is 0.317 e. The number of hydrogen-bond acceptors (Lipinski definition) is 4. The molecule has 2 amide bonds. The van der Waals surface area contributed by atoms with Gasteiger partial charge in [-0.3, -0.25) is 0 Å². The lowest BCUT2D eigenvalue weighted by molar-refractivity contribution is -0.0632. The Morgan fingerprint density at radius 2 is 2.20 bits per heavy atom. The van der Waals surface area contributed by atoms with Crippen LogP contribution in [0.15, 0.2) is 18.2 Å². The van der Waals surface area contributed by atoms with Crippen LogP contribution in [0.3, 0.4) is 0 Å². The lowest BCUT2D eigenvalue weighted by atomic mass is 10.0. The van der Waals surface area contributed by atoms with Gasteiger partial charge in [-0.2, -0.15) is 0 Å². The number of benzene rings is 1. The number of urea groups is 1. The molecular weight excluding hydrogens is 320 g/mol. The molecule has 25 heavy (non-hydrogen) atoms. The van der Waals surface area contributed by atoms with Crippen molar-refractivity contribution in [2.45, 2.75) is 38.3 Å². The van der Waals surface area contributed by atoms with Crippen LogP contribution < -0.4 is 10.1 Å². The monoisotopic (exact) mass is 348 g/mol. The van der Waals surface area contributed by atoms with Crippen molar-refractivity contribution in [3.8, 4) is 5.75 Å². The number of carbonyl (C=O) groups is 1. The van der Waals surface area contributed by atoms with Crippen molar-refractivity contribution in [1.82, 2.24) is 10.2 Å². The van der Waals surface area contributed by atoms with Gasteiger partial charge in [0.15, 0.2) is 0 Å². The number of ether oxygens (including phenoxy) is 3. The Morgan fingerprint density at radius 1 is 1.36 bits per heavy atom. The van der Waals surface area contributed by atoms with Crippen molar-refractivity contribution in [3.05, 3.63) is 29.3 Å². The highest BCUT2D eigenvalue weighted by molar-refractivity contribution is 5.74. The Morgan fingerprint density at radius 3 is 3.00 bits per heavy atom. The summed E-state index contributed by atoms with van der Waals surface area (Å²) in [6.07, 6.45) is 2.39. The summed E-state index contributed by atoms with van der Waals surface area (Å²) in [6.45, 7) is 5.21. The van der Waals surface area contributed by atoms with Crippen LogP contribution in [0.4, 0.5) is 4.79 Å². The molecule has 0 bridgehead atoms. The third-order valence-electron chi connectivity index (χ3n) is 5.01. The molecule has 1 fully saturated rings. The average molecular weight is 348 g/mol. The standard InChI is InChI=1S/C19H28N2O4/c1-3-25-18-13-24-12-9-16(18)20-19(22)21-10-7-14-5-4-6-17(23-2)15(14)8-11-21/h4-6,16,18H,3,7-13H2,1-2H3,(H,20,22)/t16-,18-/m0/s1. The van der Waals surface area contributed by atoms with Gasteiger partial charge in [-0.1, -0.05) is 12.1 Å². The first-order valence-electron chi connectivity index (χ1n) is 9.12. The van der Waals surface area contributed by atoms with Gasteiger partial charge >= 0.3 is 6.03 Å². The summed E-state index contributed by atoms with van der Waals surface area (Å²) in [5.74, 6) is 0.917. The molecular formula is C19H28N2O4. The summed E-state index contributed by atoms with van der Waals surface area (Å²) in [4.78, 5) is 14.7. The lowest BCUT2D eigenvalue weighted by Gasteiger charge is -2.33. The first-order valence-corrected chi connectivity index (χ1v) is 9.12. The van der Waals surface area contributed by atoms with Crippen LogP contribution in [0.25, 0.3) is 0 Å². The second-order valence-electron chi connectivity index (χ2n) is 6.50. The van der Waals surface area contributed by atoms with Crippen molar-refractivity contribution < 1.29 is 19.0 Å². The topological polar surface area (TPSA) is 60.0 Å². The van der Waals surface area contributed by atoms with Crippen LogP contribution in [0, 0.1) is 0 Å². The maximum absolute atomic E-state index is 12.8. The minimum atomic E-state index is -0.0630. The van der Waals surface area contributed by atoms with Crippen molar-refractivity contribution >= 4 is 6.03 Å². The zero-order valence-electron chi connectivity index (χ0n) is 15.1. The molecule has 0 aromatic heterocycles. The van der Waals surface area contributed by atoms with Gasteiger partial charge < -0.3 is 24.4 Å². The molecule has 2 aliphatic rings. The molecule has 1 saturated heterocycles. The van der Waals surface area contributed by atoms with E-state index < -0.39 is 0 Å². The maximum Gasteiger partial charge on any atom is 0.317 e. The molecule has 2 heterocycles. The molecule has 6 heteroatoms. The fraction of sp³-hybridized carbons (Fsp3) is 0.632. The average Bonchev–Trinajstić information content (AvgIpc) is 2.86. The third-order valence-corrected chi connectivity index (χ3v) is 5.01. The zero-order valence-corrected chi connectivity index (χ0v) is 15.1. The largest absolute Gasteiger partial charge is 0.496 e. The molecule has 2 atom stereocenters. The minimum absolute atomic E-state index is 0.0108. The number of amides is 2. The number of hydrogen-bond donors (Lipinski definition) is 1. The normalized spacial score (nSPS) is 23.5. The quantitative estimate of drug-likeness (QED) is 0.904. The van der Waals surface area contributed by atoms with Gasteiger partial charge in [-0.15, -0.1) is 0 Å². The van der Waals surface area contributed by atoms with Crippen LogP contribution in [0.1, 0.15) is 24.5 Å². The second-order valence-corrected chi connectivity index (χ2v) is 6.50. The van der Waals surface area contributed by atoms with Crippen molar-refractivity contribution in [1.29, 1.82) is 0 Å². The highest BCUT2D eigenvalue weighted by Crippen LogP contribution is 2.26. The van der Waals surface area contributed by atoms with Crippen LogP contribution in [-0.4, -0.2) is 63.1 Å². The summed E-state index contributed by atoms with van der Waals surface area (Å²) >= 11 is 0. The van der Waals surface area contributed by atoms with Gasteiger partial charge in [-0.25, -0.2) is 4.79 Å². The van der Waals surface area contributed by atoms with Crippen LogP contribution in [-0.2, 0) is 22.3 Å². The Kier molecular flexibility index (Phi) is 6.15. The minimum Gasteiger partial charge on any atom is -0.496 e. The Balaban J connectivity index is 1.62. The number of methoxy groups -OCH3 is 1. The van der Waals surface area contributed by atoms with E-state index in [-0.39, 0.29) is 18.2 Å². The van der Waals surface area contributed by atoms with Crippen LogP contribution in [0.2, 0.25) is 0 Å². The van der Waals surface area contributed by atoms with E-state index in [1.807, 2.05) is 24.0 Å². The molecule has 1 aromatic carbocycles.